The Labute approximate surface area is 96.4 Å². The van der Waals surface area contributed by atoms with Crippen LogP contribution in [-0.4, -0.2) is 29.5 Å². The molecule has 0 aliphatic rings. The normalized spacial score (nSPS) is 12.0. The first-order chi connectivity index (χ1) is 7.35. The Balaban J connectivity index is 3.53. The molecule has 0 unspecified atom stereocenters. The Morgan fingerprint density at radius 3 is 1.87 bits per heavy atom. The molecule has 0 radical (unpaired) electrons. The van der Waals surface area contributed by atoms with Gasteiger partial charge in [0.2, 0.25) is 0 Å². The van der Waals surface area contributed by atoms with Gasteiger partial charge in [-0.15, -0.1) is 0 Å². The lowest BCUT2D eigenvalue weighted by atomic mass is 10.4. The van der Waals surface area contributed by atoms with E-state index in [1.54, 1.807) is 0 Å². The molecular weight excluding hydrogens is 208 g/mol. The molecule has 0 aliphatic heterocycles. The standard InChI is InChI=1S/C11H26O3Si/c1-4-7-9-12-11(14-15-6-3)13-10-8-5-2/h11H,4-10,15H2,1-3H3. The van der Waals surface area contributed by atoms with Gasteiger partial charge in [-0.25, -0.2) is 0 Å². The van der Waals surface area contributed by atoms with Crippen molar-refractivity contribution in [1.29, 1.82) is 0 Å². The Kier molecular flexibility index (Phi) is 12.2. The summed E-state index contributed by atoms with van der Waals surface area (Å²) >= 11 is 0. The third kappa shape index (κ3) is 10.4. The van der Waals surface area contributed by atoms with Crippen LogP contribution in [0.4, 0.5) is 0 Å². The van der Waals surface area contributed by atoms with Crippen LogP contribution >= 0.6 is 0 Å². The van der Waals surface area contributed by atoms with Gasteiger partial charge in [-0.05, 0) is 18.9 Å². The summed E-state index contributed by atoms with van der Waals surface area (Å²) < 4.78 is 16.6. The van der Waals surface area contributed by atoms with Gasteiger partial charge in [0.15, 0.2) is 9.76 Å². The summed E-state index contributed by atoms with van der Waals surface area (Å²) in [5.41, 5.74) is 0. The average molecular weight is 234 g/mol. The average Bonchev–Trinajstić information content (AvgIpc) is 2.25. The maximum atomic E-state index is 5.58. The molecule has 0 aromatic carbocycles. The summed E-state index contributed by atoms with van der Waals surface area (Å²) in [5, 5.41) is 0. The predicted molar refractivity (Wildman–Crippen MR) is 65.6 cm³/mol. The van der Waals surface area contributed by atoms with Crippen molar-refractivity contribution < 1.29 is 13.9 Å². The second-order valence-corrected chi connectivity index (χ2v) is 5.35. The number of hydrogen-bond donors (Lipinski definition) is 0. The van der Waals surface area contributed by atoms with Crippen LogP contribution in [0.1, 0.15) is 46.5 Å². The molecule has 0 aromatic heterocycles. The third-order valence-corrected chi connectivity index (χ3v) is 2.88. The van der Waals surface area contributed by atoms with E-state index in [0.717, 1.165) is 44.9 Å². The quantitative estimate of drug-likeness (QED) is 0.312. The Bertz CT molecular complexity index is 112. The molecule has 0 bridgehead atoms. The van der Waals surface area contributed by atoms with E-state index in [1.807, 2.05) is 0 Å². The van der Waals surface area contributed by atoms with E-state index in [0.29, 0.717) is 0 Å². The maximum absolute atomic E-state index is 5.58. The van der Waals surface area contributed by atoms with Gasteiger partial charge in [0.25, 0.3) is 6.48 Å². The Hall–Kier alpha value is 0.0969. The first-order valence-corrected chi connectivity index (χ1v) is 7.77. The summed E-state index contributed by atoms with van der Waals surface area (Å²) in [6.45, 7) is 7.53. The lowest BCUT2D eigenvalue weighted by molar-refractivity contribution is -0.248. The fourth-order valence-electron chi connectivity index (χ4n) is 1.01. The molecule has 0 fully saturated rings. The van der Waals surface area contributed by atoms with Gasteiger partial charge in [-0.3, -0.25) is 0 Å². The number of rotatable bonds is 11. The maximum Gasteiger partial charge on any atom is 0.261 e. The molecule has 4 heteroatoms. The van der Waals surface area contributed by atoms with Gasteiger partial charge in [0.1, 0.15) is 0 Å². The van der Waals surface area contributed by atoms with Gasteiger partial charge in [0.05, 0.1) is 13.2 Å². The van der Waals surface area contributed by atoms with Crippen LogP contribution in [0.3, 0.4) is 0 Å². The van der Waals surface area contributed by atoms with E-state index in [1.165, 1.54) is 0 Å². The van der Waals surface area contributed by atoms with Crippen molar-refractivity contribution in [2.24, 2.45) is 0 Å². The summed E-state index contributed by atoms with van der Waals surface area (Å²) in [5.74, 6) is 0. The zero-order valence-electron chi connectivity index (χ0n) is 10.5. The van der Waals surface area contributed by atoms with Crippen molar-refractivity contribution in [3.63, 3.8) is 0 Å². The highest BCUT2D eigenvalue weighted by atomic mass is 28.2. The molecule has 92 valence electrons. The molecule has 0 amide bonds. The molecule has 0 saturated carbocycles. The van der Waals surface area contributed by atoms with Crippen LogP contribution in [0.2, 0.25) is 6.04 Å². The fraction of sp³-hybridized carbons (Fsp3) is 1.00. The number of unbranched alkanes of at least 4 members (excludes halogenated alkanes) is 2. The van der Waals surface area contributed by atoms with Crippen LogP contribution in [0.25, 0.3) is 0 Å². The molecule has 0 saturated heterocycles. The highest BCUT2D eigenvalue weighted by Crippen LogP contribution is 2.02. The Morgan fingerprint density at radius 1 is 0.933 bits per heavy atom. The van der Waals surface area contributed by atoms with Crippen molar-refractivity contribution in [3.05, 3.63) is 0 Å². The van der Waals surface area contributed by atoms with Gasteiger partial charge < -0.3 is 13.9 Å². The summed E-state index contributed by atoms with van der Waals surface area (Å²) in [7, 11) is -0.444. The first kappa shape index (κ1) is 15.1. The topological polar surface area (TPSA) is 27.7 Å². The van der Waals surface area contributed by atoms with Gasteiger partial charge in [-0.1, -0.05) is 33.6 Å². The van der Waals surface area contributed by atoms with E-state index < -0.39 is 16.2 Å². The minimum Gasteiger partial charge on any atom is -0.379 e. The Morgan fingerprint density at radius 2 is 1.47 bits per heavy atom. The van der Waals surface area contributed by atoms with E-state index in [9.17, 15) is 0 Å². The SMILES string of the molecule is CCCCOC(OCCCC)O[SiH2]CC. The van der Waals surface area contributed by atoms with Crippen LogP contribution < -0.4 is 0 Å². The van der Waals surface area contributed by atoms with Crippen molar-refractivity contribution in [2.45, 2.75) is 59.0 Å². The van der Waals surface area contributed by atoms with E-state index >= 15 is 0 Å². The molecule has 0 spiro atoms. The minimum absolute atomic E-state index is 0.394. The van der Waals surface area contributed by atoms with Gasteiger partial charge in [0, 0.05) is 0 Å². The second-order valence-electron chi connectivity index (χ2n) is 3.61. The molecule has 0 aromatic rings. The smallest absolute Gasteiger partial charge is 0.261 e. The van der Waals surface area contributed by atoms with Crippen LogP contribution in [0.5, 0.6) is 0 Å². The van der Waals surface area contributed by atoms with E-state index in [2.05, 4.69) is 20.8 Å². The molecule has 0 N–H and O–H groups in total. The molecular formula is C11H26O3Si. The first-order valence-electron chi connectivity index (χ1n) is 6.19. The zero-order valence-corrected chi connectivity index (χ0v) is 11.9. The molecule has 0 rings (SSSR count). The van der Waals surface area contributed by atoms with Gasteiger partial charge >= 0.3 is 0 Å². The lowest BCUT2D eigenvalue weighted by Gasteiger charge is -2.18. The van der Waals surface area contributed by atoms with Crippen LogP contribution in [0, 0.1) is 0 Å². The lowest BCUT2D eigenvalue weighted by Crippen LogP contribution is -2.23. The van der Waals surface area contributed by atoms with Crippen molar-refractivity contribution in [2.75, 3.05) is 13.2 Å². The molecule has 15 heavy (non-hydrogen) atoms. The summed E-state index contributed by atoms with van der Waals surface area (Å²) in [6.07, 6.45) is 4.44. The molecule has 0 heterocycles. The minimum atomic E-state index is -0.444. The third-order valence-electron chi connectivity index (χ3n) is 1.96. The largest absolute Gasteiger partial charge is 0.379 e. The van der Waals surface area contributed by atoms with Gasteiger partial charge in [-0.2, -0.15) is 0 Å². The highest BCUT2D eigenvalue weighted by Gasteiger charge is 2.08. The van der Waals surface area contributed by atoms with Crippen molar-refractivity contribution in [1.82, 2.24) is 0 Å². The summed E-state index contributed by atoms with van der Waals surface area (Å²) in [6, 6.07) is 1.13. The fourth-order valence-corrected chi connectivity index (χ4v) is 1.63. The van der Waals surface area contributed by atoms with Crippen molar-refractivity contribution >= 4 is 9.76 Å². The molecule has 0 aliphatic carbocycles. The number of ether oxygens (including phenoxy) is 2. The monoisotopic (exact) mass is 234 g/mol. The zero-order chi connectivity index (χ0) is 11.4. The van der Waals surface area contributed by atoms with Crippen LogP contribution in [0.15, 0.2) is 0 Å². The predicted octanol–water partition coefficient (Wildman–Crippen LogP) is 2.44. The number of hydrogen-bond acceptors (Lipinski definition) is 3. The van der Waals surface area contributed by atoms with E-state index in [4.69, 9.17) is 13.9 Å². The highest BCUT2D eigenvalue weighted by molar-refractivity contribution is 6.26. The molecule has 3 nitrogen and oxygen atoms in total. The van der Waals surface area contributed by atoms with Crippen molar-refractivity contribution in [3.8, 4) is 0 Å². The van der Waals surface area contributed by atoms with Crippen LogP contribution in [-0.2, 0) is 13.9 Å². The summed E-state index contributed by atoms with van der Waals surface area (Å²) in [4.78, 5) is 0. The van der Waals surface area contributed by atoms with E-state index in [-0.39, 0.29) is 0 Å². The second kappa shape index (κ2) is 12.2. The molecule has 0 atom stereocenters.